The first-order chi connectivity index (χ1) is 8.79. The predicted molar refractivity (Wildman–Crippen MR) is 75.5 cm³/mol. The quantitative estimate of drug-likeness (QED) is 0.593. The van der Waals surface area contributed by atoms with Gasteiger partial charge in [0.05, 0.1) is 5.56 Å². The van der Waals surface area contributed by atoms with Crippen LogP contribution in [0.25, 0.3) is 0 Å². The molecule has 0 spiro atoms. The molecule has 0 radical (unpaired) electrons. The standard InChI is InChI=1S/C11H16ClNO4S2/c1-8-9(7-18-11(8)19(12,15)16)10(14)13(2)5-4-6-17-3/h7H,4-6H2,1-3H3. The topological polar surface area (TPSA) is 63.7 Å². The smallest absolute Gasteiger partial charge is 0.271 e. The molecule has 0 aliphatic rings. The van der Waals surface area contributed by atoms with E-state index in [1.807, 2.05) is 0 Å². The highest BCUT2D eigenvalue weighted by atomic mass is 35.7. The van der Waals surface area contributed by atoms with Gasteiger partial charge in [0, 0.05) is 43.4 Å². The Kier molecular flexibility index (Phi) is 5.79. The van der Waals surface area contributed by atoms with Crippen LogP contribution in [0.3, 0.4) is 0 Å². The summed E-state index contributed by atoms with van der Waals surface area (Å²) in [5.41, 5.74) is 0.785. The molecule has 1 rings (SSSR count). The van der Waals surface area contributed by atoms with Crippen LogP contribution in [0.1, 0.15) is 22.3 Å². The number of carbonyl (C=O) groups is 1. The molecular weight excluding hydrogens is 310 g/mol. The normalized spacial score (nSPS) is 11.6. The minimum absolute atomic E-state index is 0.0304. The molecule has 0 aliphatic heterocycles. The van der Waals surface area contributed by atoms with Crippen LogP contribution in [0.5, 0.6) is 0 Å². The maximum atomic E-state index is 12.2. The number of halogens is 1. The van der Waals surface area contributed by atoms with Crippen molar-refractivity contribution in [2.45, 2.75) is 17.6 Å². The molecule has 0 bridgehead atoms. The molecule has 19 heavy (non-hydrogen) atoms. The highest BCUT2D eigenvalue weighted by molar-refractivity contribution is 8.15. The highest BCUT2D eigenvalue weighted by Gasteiger charge is 2.23. The predicted octanol–water partition coefficient (Wildman–Crippen LogP) is 2.09. The van der Waals surface area contributed by atoms with Crippen molar-refractivity contribution in [1.82, 2.24) is 4.90 Å². The third-order valence-corrected chi connectivity index (χ3v) is 5.94. The lowest BCUT2D eigenvalue weighted by Crippen LogP contribution is -2.28. The summed E-state index contributed by atoms with van der Waals surface area (Å²) >= 11 is 0.965. The molecule has 1 amide bonds. The fourth-order valence-corrected chi connectivity index (χ4v) is 4.15. The van der Waals surface area contributed by atoms with Gasteiger partial charge in [0.25, 0.3) is 15.0 Å². The summed E-state index contributed by atoms with van der Waals surface area (Å²) in [6.07, 6.45) is 0.725. The summed E-state index contributed by atoms with van der Waals surface area (Å²) in [7, 11) is 4.78. The zero-order valence-corrected chi connectivity index (χ0v) is 13.4. The van der Waals surface area contributed by atoms with Crippen LogP contribution < -0.4 is 0 Å². The summed E-state index contributed by atoms with van der Waals surface area (Å²) in [4.78, 5) is 13.7. The van der Waals surface area contributed by atoms with Gasteiger partial charge in [0.15, 0.2) is 0 Å². The van der Waals surface area contributed by atoms with Crippen molar-refractivity contribution in [3.05, 3.63) is 16.5 Å². The fraction of sp³-hybridized carbons (Fsp3) is 0.545. The molecule has 8 heteroatoms. The van der Waals surface area contributed by atoms with E-state index in [4.69, 9.17) is 15.4 Å². The van der Waals surface area contributed by atoms with E-state index in [0.717, 1.165) is 17.8 Å². The lowest BCUT2D eigenvalue weighted by molar-refractivity contribution is 0.0779. The Morgan fingerprint density at radius 3 is 2.63 bits per heavy atom. The first kappa shape index (κ1) is 16.4. The Morgan fingerprint density at radius 1 is 1.53 bits per heavy atom. The molecule has 0 fully saturated rings. The number of amides is 1. The average molecular weight is 326 g/mol. The Hall–Kier alpha value is -0.630. The summed E-state index contributed by atoms with van der Waals surface area (Å²) < 4.78 is 27.6. The van der Waals surface area contributed by atoms with Gasteiger partial charge in [-0.15, -0.1) is 11.3 Å². The molecule has 0 saturated carbocycles. The second kappa shape index (κ2) is 6.69. The number of rotatable bonds is 6. The van der Waals surface area contributed by atoms with E-state index >= 15 is 0 Å². The van der Waals surface area contributed by atoms with E-state index in [2.05, 4.69) is 0 Å². The molecule has 5 nitrogen and oxygen atoms in total. The van der Waals surface area contributed by atoms with Crippen molar-refractivity contribution >= 4 is 37.0 Å². The van der Waals surface area contributed by atoms with E-state index in [1.165, 1.54) is 5.38 Å². The molecule has 0 N–H and O–H groups in total. The number of methoxy groups -OCH3 is 1. The van der Waals surface area contributed by atoms with Gasteiger partial charge >= 0.3 is 0 Å². The SMILES string of the molecule is COCCCN(C)C(=O)c1csc(S(=O)(=O)Cl)c1C. The van der Waals surface area contributed by atoms with Gasteiger partial charge in [-0.2, -0.15) is 0 Å². The number of ether oxygens (including phenoxy) is 1. The van der Waals surface area contributed by atoms with Crippen molar-refractivity contribution in [2.75, 3.05) is 27.3 Å². The van der Waals surface area contributed by atoms with Gasteiger partial charge in [0.2, 0.25) is 0 Å². The molecule has 0 unspecified atom stereocenters. The number of thiophene rings is 1. The van der Waals surface area contributed by atoms with Gasteiger partial charge in [-0.3, -0.25) is 4.79 Å². The molecule has 0 aliphatic carbocycles. The highest BCUT2D eigenvalue weighted by Crippen LogP contribution is 2.29. The third kappa shape index (κ3) is 4.17. The fourth-order valence-electron chi connectivity index (χ4n) is 1.60. The molecule has 1 aromatic rings. The van der Waals surface area contributed by atoms with Crippen LogP contribution >= 0.6 is 22.0 Å². The maximum absolute atomic E-state index is 12.2. The second-order valence-electron chi connectivity index (χ2n) is 4.07. The first-order valence-electron chi connectivity index (χ1n) is 5.56. The molecule has 0 aromatic carbocycles. The van der Waals surface area contributed by atoms with Crippen molar-refractivity contribution in [3.63, 3.8) is 0 Å². The van der Waals surface area contributed by atoms with Crippen LogP contribution in [0.15, 0.2) is 9.59 Å². The Labute approximate surface area is 121 Å². The Bertz CT molecular complexity index is 553. The van der Waals surface area contributed by atoms with Gasteiger partial charge in [0.1, 0.15) is 4.21 Å². The Balaban J connectivity index is 2.87. The lowest BCUT2D eigenvalue weighted by Gasteiger charge is -2.16. The molecular formula is C11H16ClNO4S2. The number of hydrogen-bond donors (Lipinski definition) is 0. The van der Waals surface area contributed by atoms with Crippen LogP contribution in [-0.2, 0) is 13.8 Å². The van der Waals surface area contributed by atoms with E-state index in [1.54, 1.807) is 26.0 Å². The molecule has 1 aromatic heterocycles. The molecule has 0 saturated heterocycles. The van der Waals surface area contributed by atoms with Crippen molar-refractivity contribution in [2.24, 2.45) is 0 Å². The zero-order valence-electron chi connectivity index (χ0n) is 11.0. The van der Waals surface area contributed by atoms with Crippen molar-refractivity contribution in [3.8, 4) is 0 Å². The van der Waals surface area contributed by atoms with Gasteiger partial charge in [-0.25, -0.2) is 8.42 Å². The molecule has 0 atom stereocenters. The van der Waals surface area contributed by atoms with Gasteiger partial charge < -0.3 is 9.64 Å². The third-order valence-electron chi connectivity index (χ3n) is 2.63. The largest absolute Gasteiger partial charge is 0.385 e. The second-order valence-corrected chi connectivity index (χ2v) is 7.71. The minimum Gasteiger partial charge on any atom is -0.385 e. The van der Waals surface area contributed by atoms with E-state index in [0.29, 0.717) is 24.3 Å². The number of carbonyl (C=O) groups excluding carboxylic acids is 1. The van der Waals surface area contributed by atoms with E-state index < -0.39 is 9.05 Å². The zero-order chi connectivity index (χ0) is 14.6. The van der Waals surface area contributed by atoms with Crippen molar-refractivity contribution in [1.29, 1.82) is 0 Å². The van der Waals surface area contributed by atoms with Crippen LogP contribution in [0.4, 0.5) is 0 Å². The van der Waals surface area contributed by atoms with Crippen LogP contribution in [-0.4, -0.2) is 46.5 Å². The first-order valence-corrected chi connectivity index (χ1v) is 8.75. The minimum atomic E-state index is -3.79. The van der Waals surface area contributed by atoms with Crippen molar-refractivity contribution < 1.29 is 17.9 Å². The Morgan fingerprint density at radius 2 is 2.16 bits per heavy atom. The summed E-state index contributed by atoms with van der Waals surface area (Å²) in [5.74, 6) is -0.212. The average Bonchev–Trinajstić information content (AvgIpc) is 2.70. The van der Waals surface area contributed by atoms with Gasteiger partial charge in [-0.05, 0) is 18.9 Å². The maximum Gasteiger partial charge on any atom is 0.271 e. The van der Waals surface area contributed by atoms with Gasteiger partial charge in [-0.1, -0.05) is 0 Å². The monoisotopic (exact) mass is 325 g/mol. The summed E-state index contributed by atoms with van der Waals surface area (Å²) in [5, 5.41) is 1.53. The summed E-state index contributed by atoms with van der Waals surface area (Å²) in [6.45, 7) is 2.70. The van der Waals surface area contributed by atoms with E-state index in [-0.39, 0.29) is 10.1 Å². The number of hydrogen-bond acceptors (Lipinski definition) is 5. The molecule has 1 heterocycles. The lowest BCUT2D eigenvalue weighted by atomic mass is 10.2. The molecule has 108 valence electrons. The summed E-state index contributed by atoms with van der Waals surface area (Å²) in [6, 6.07) is 0. The number of nitrogens with zero attached hydrogens (tertiary/aromatic N) is 1. The van der Waals surface area contributed by atoms with E-state index in [9.17, 15) is 13.2 Å². The van der Waals surface area contributed by atoms with Crippen LogP contribution in [0, 0.1) is 6.92 Å². The van der Waals surface area contributed by atoms with Crippen LogP contribution in [0.2, 0.25) is 0 Å².